The van der Waals surface area contributed by atoms with E-state index in [-0.39, 0.29) is 11.7 Å². The second-order valence-corrected chi connectivity index (χ2v) is 4.56. The van der Waals surface area contributed by atoms with Gasteiger partial charge in [-0.25, -0.2) is 13.2 Å². The molecule has 0 spiro atoms. The summed E-state index contributed by atoms with van der Waals surface area (Å²) in [5.74, 6) is -3.25. The van der Waals surface area contributed by atoms with Crippen molar-refractivity contribution in [3.63, 3.8) is 0 Å². The summed E-state index contributed by atoms with van der Waals surface area (Å²) in [5, 5.41) is 2.83. The number of rotatable bonds is 5. The van der Waals surface area contributed by atoms with Gasteiger partial charge in [0.15, 0.2) is 17.5 Å². The number of nitrogens with one attached hydrogen (secondary N) is 1. The van der Waals surface area contributed by atoms with E-state index in [1.54, 1.807) is 13.0 Å². The molecule has 21 heavy (non-hydrogen) atoms. The third-order valence-corrected chi connectivity index (χ3v) is 3.09. The summed E-state index contributed by atoms with van der Waals surface area (Å²) in [4.78, 5) is 0. The van der Waals surface area contributed by atoms with Crippen molar-refractivity contribution in [1.82, 2.24) is 0 Å². The summed E-state index contributed by atoms with van der Waals surface area (Å²) in [6, 6.07) is 9.04. The van der Waals surface area contributed by atoms with Crippen LogP contribution in [0.1, 0.15) is 25.5 Å². The monoisotopic (exact) mass is 295 g/mol. The normalized spacial score (nSPS) is 12.0. The van der Waals surface area contributed by atoms with Crippen LogP contribution in [-0.2, 0) is 0 Å². The second-order valence-electron chi connectivity index (χ2n) is 4.56. The molecule has 2 rings (SSSR count). The van der Waals surface area contributed by atoms with Gasteiger partial charge in [0.2, 0.25) is 0 Å². The summed E-state index contributed by atoms with van der Waals surface area (Å²) < 4.78 is 45.3. The van der Waals surface area contributed by atoms with Gasteiger partial charge < -0.3 is 10.1 Å². The molecule has 0 saturated heterocycles. The van der Waals surface area contributed by atoms with Crippen LogP contribution in [-0.4, -0.2) is 6.61 Å². The highest BCUT2D eigenvalue weighted by molar-refractivity contribution is 5.49. The maximum absolute atomic E-state index is 13.7. The highest BCUT2D eigenvalue weighted by Crippen LogP contribution is 2.29. The van der Waals surface area contributed by atoms with Gasteiger partial charge in [0.25, 0.3) is 0 Å². The van der Waals surface area contributed by atoms with Gasteiger partial charge in [-0.3, -0.25) is 0 Å². The van der Waals surface area contributed by atoms with E-state index in [2.05, 4.69) is 5.32 Å². The predicted octanol–water partition coefficient (Wildman–Crippen LogP) is 4.68. The number of ether oxygens (including phenoxy) is 1. The molecule has 0 aliphatic heterocycles. The average Bonchev–Trinajstić information content (AvgIpc) is 2.49. The summed E-state index contributed by atoms with van der Waals surface area (Å²) in [6.07, 6.45) is 0. The van der Waals surface area contributed by atoms with Crippen molar-refractivity contribution in [3.8, 4) is 5.75 Å². The summed E-state index contributed by atoms with van der Waals surface area (Å²) in [7, 11) is 0. The van der Waals surface area contributed by atoms with Gasteiger partial charge in [-0.2, -0.15) is 0 Å². The Hall–Kier alpha value is -2.17. The van der Waals surface area contributed by atoms with Gasteiger partial charge in [0.1, 0.15) is 5.75 Å². The highest BCUT2D eigenvalue weighted by atomic mass is 19.2. The molecular formula is C16H16F3NO. The molecular weight excluding hydrogens is 279 g/mol. The summed E-state index contributed by atoms with van der Waals surface area (Å²) >= 11 is 0. The average molecular weight is 295 g/mol. The SMILES string of the molecule is CCOc1ccccc1C(C)Nc1ccc(F)c(F)c1F. The maximum Gasteiger partial charge on any atom is 0.196 e. The lowest BCUT2D eigenvalue weighted by atomic mass is 10.1. The zero-order chi connectivity index (χ0) is 15.4. The van der Waals surface area contributed by atoms with Crippen molar-refractivity contribution in [2.75, 3.05) is 11.9 Å². The number of anilines is 1. The van der Waals surface area contributed by atoms with Crippen molar-refractivity contribution < 1.29 is 17.9 Å². The standard InChI is InChI=1S/C16H16F3NO/c1-3-21-14-7-5-4-6-11(14)10(2)20-13-9-8-12(17)15(18)16(13)19/h4-10,20H,3H2,1-2H3. The predicted molar refractivity (Wildman–Crippen MR) is 76.0 cm³/mol. The fraction of sp³-hybridized carbons (Fsp3) is 0.250. The van der Waals surface area contributed by atoms with E-state index in [1.165, 1.54) is 6.07 Å². The smallest absolute Gasteiger partial charge is 0.196 e. The lowest BCUT2D eigenvalue weighted by Gasteiger charge is -2.19. The molecule has 1 atom stereocenters. The van der Waals surface area contributed by atoms with Gasteiger partial charge in [0.05, 0.1) is 18.3 Å². The Morgan fingerprint density at radius 2 is 1.76 bits per heavy atom. The zero-order valence-corrected chi connectivity index (χ0v) is 11.8. The van der Waals surface area contributed by atoms with Gasteiger partial charge >= 0.3 is 0 Å². The molecule has 1 N–H and O–H groups in total. The first-order valence-corrected chi connectivity index (χ1v) is 6.66. The molecule has 0 aromatic heterocycles. The van der Waals surface area contributed by atoms with Gasteiger partial charge in [-0.1, -0.05) is 18.2 Å². The maximum atomic E-state index is 13.7. The van der Waals surface area contributed by atoms with E-state index >= 15 is 0 Å². The van der Waals surface area contributed by atoms with E-state index in [1.807, 2.05) is 25.1 Å². The topological polar surface area (TPSA) is 21.3 Å². The number of hydrogen-bond acceptors (Lipinski definition) is 2. The molecule has 5 heteroatoms. The molecule has 0 fully saturated rings. The van der Waals surface area contributed by atoms with Crippen LogP contribution in [0.2, 0.25) is 0 Å². The molecule has 2 aromatic carbocycles. The first-order valence-electron chi connectivity index (χ1n) is 6.66. The minimum Gasteiger partial charge on any atom is -0.494 e. The quantitative estimate of drug-likeness (QED) is 0.809. The molecule has 112 valence electrons. The molecule has 0 aliphatic rings. The summed E-state index contributed by atoms with van der Waals surface area (Å²) in [5.41, 5.74) is 0.719. The van der Waals surface area contributed by atoms with Gasteiger partial charge in [0, 0.05) is 5.56 Å². The van der Waals surface area contributed by atoms with Crippen LogP contribution in [0.3, 0.4) is 0 Å². The van der Waals surface area contributed by atoms with E-state index in [4.69, 9.17) is 4.74 Å². The van der Waals surface area contributed by atoms with Crippen molar-refractivity contribution in [1.29, 1.82) is 0 Å². The van der Waals surface area contributed by atoms with Crippen LogP contribution >= 0.6 is 0 Å². The minimum absolute atomic E-state index is 0.0901. The molecule has 0 aliphatic carbocycles. The largest absolute Gasteiger partial charge is 0.494 e. The van der Waals surface area contributed by atoms with E-state index in [0.717, 1.165) is 11.6 Å². The van der Waals surface area contributed by atoms with Crippen LogP contribution in [0, 0.1) is 17.5 Å². The van der Waals surface area contributed by atoms with Crippen molar-refractivity contribution >= 4 is 5.69 Å². The van der Waals surface area contributed by atoms with Gasteiger partial charge in [-0.15, -0.1) is 0 Å². The molecule has 0 bridgehead atoms. The Kier molecular flexibility index (Phi) is 4.73. The molecule has 2 aromatic rings. The van der Waals surface area contributed by atoms with Crippen LogP contribution in [0.5, 0.6) is 5.75 Å². The fourth-order valence-electron chi connectivity index (χ4n) is 2.07. The Morgan fingerprint density at radius 1 is 1.05 bits per heavy atom. The molecule has 2 nitrogen and oxygen atoms in total. The van der Waals surface area contributed by atoms with Gasteiger partial charge in [-0.05, 0) is 32.0 Å². The van der Waals surface area contributed by atoms with E-state index in [9.17, 15) is 13.2 Å². The molecule has 1 unspecified atom stereocenters. The zero-order valence-electron chi connectivity index (χ0n) is 11.8. The minimum atomic E-state index is -1.48. The van der Waals surface area contributed by atoms with Crippen molar-refractivity contribution in [3.05, 3.63) is 59.4 Å². The van der Waals surface area contributed by atoms with E-state index in [0.29, 0.717) is 12.4 Å². The number of para-hydroxylation sites is 1. The van der Waals surface area contributed by atoms with Crippen LogP contribution < -0.4 is 10.1 Å². The third kappa shape index (κ3) is 3.29. The molecule has 0 amide bonds. The Morgan fingerprint density at radius 3 is 2.48 bits per heavy atom. The van der Waals surface area contributed by atoms with E-state index < -0.39 is 17.5 Å². The van der Waals surface area contributed by atoms with Crippen LogP contribution in [0.4, 0.5) is 18.9 Å². The first-order chi connectivity index (χ1) is 10.0. The Balaban J connectivity index is 2.26. The highest BCUT2D eigenvalue weighted by Gasteiger charge is 2.17. The molecule has 0 radical (unpaired) electrons. The number of hydrogen-bond donors (Lipinski definition) is 1. The fourth-order valence-corrected chi connectivity index (χ4v) is 2.07. The molecule has 0 saturated carbocycles. The lowest BCUT2D eigenvalue weighted by molar-refractivity contribution is 0.335. The van der Waals surface area contributed by atoms with Crippen LogP contribution in [0.25, 0.3) is 0 Å². The molecule has 0 heterocycles. The number of halogens is 3. The Bertz CT molecular complexity index is 631. The number of benzene rings is 2. The third-order valence-electron chi connectivity index (χ3n) is 3.09. The first kappa shape index (κ1) is 15.2. The lowest BCUT2D eigenvalue weighted by Crippen LogP contribution is -2.11. The Labute approximate surface area is 121 Å². The summed E-state index contributed by atoms with van der Waals surface area (Å²) in [6.45, 7) is 4.16. The van der Waals surface area contributed by atoms with Crippen LogP contribution in [0.15, 0.2) is 36.4 Å². The van der Waals surface area contributed by atoms with Crippen molar-refractivity contribution in [2.45, 2.75) is 19.9 Å². The van der Waals surface area contributed by atoms with Crippen molar-refractivity contribution in [2.24, 2.45) is 0 Å². The second kappa shape index (κ2) is 6.52.